The molecule has 2 atom stereocenters. The van der Waals surface area contributed by atoms with Crippen LogP contribution in [-0.2, 0) is 10.7 Å². The number of aliphatic hydroxyl groups excluding tert-OH is 2. The number of carbonyl (C=O) groups excluding carboxylic acids is 1. The Kier molecular flexibility index (Phi) is 6.12. The van der Waals surface area contributed by atoms with Crippen LogP contribution in [0.4, 0.5) is 0 Å². The summed E-state index contributed by atoms with van der Waals surface area (Å²) in [6, 6.07) is 7.10. The van der Waals surface area contributed by atoms with E-state index in [0.717, 1.165) is 5.56 Å². The van der Waals surface area contributed by atoms with Crippen LogP contribution in [0.15, 0.2) is 24.3 Å². The van der Waals surface area contributed by atoms with E-state index in [4.69, 9.17) is 11.6 Å². The number of halogens is 1. The smallest absolute Gasteiger partial charge is 0.216 e. The molecule has 1 aromatic carbocycles. The zero-order chi connectivity index (χ0) is 13.5. The molecule has 0 spiro atoms. The molecule has 0 aliphatic carbocycles. The summed E-state index contributed by atoms with van der Waals surface area (Å²) >= 11 is 5.67. The number of benzene rings is 1. The summed E-state index contributed by atoms with van der Waals surface area (Å²) in [7, 11) is 0. The van der Waals surface area contributed by atoms with Gasteiger partial charge in [0.05, 0.1) is 6.10 Å². The first kappa shape index (κ1) is 15.0. The van der Waals surface area contributed by atoms with Gasteiger partial charge in [0.25, 0.3) is 0 Å². The van der Waals surface area contributed by atoms with E-state index in [0.29, 0.717) is 24.4 Å². The van der Waals surface area contributed by atoms with Gasteiger partial charge in [-0.2, -0.15) is 0 Å². The monoisotopic (exact) mass is 271 g/mol. The lowest BCUT2D eigenvalue weighted by molar-refractivity contribution is -0.119. The van der Waals surface area contributed by atoms with Crippen LogP contribution in [0.2, 0.25) is 0 Å². The number of amides is 1. The summed E-state index contributed by atoms with van der Waals surface area (Å²) in [6.07, 6.45) is -1.56. The largest absolute Gasteiger partial charge is 0.390 e. The number of aliphatic hydroxyl groups is 2. The Hall–Kier alpha value is -1.10. The van der Waals surface area contributed by atoms with Gasteiger partial charge in [-0.1, -0.05) is 24.3 Å². The summed E-state index contributed by atoms with van der Waals surface area (Å²) in [6.45, 7) is 1.75. The second kappa shape index (κ2) is 7.36. The highest BCUT2D eigenvalue weighted by Gasteiger charge is 2.17. The minimum atomic E-state index is -0.955. The van der Waals surface area contributed by atoms with Crippen molar-refractivity contribution in [2.24, 2.45) is 0 Å². The van der Waals surface area contributed by atoms with Gasteiger partial charge in [0, 0.05) is 19.3 Å². The molecule has 0 bridgehead atoms. The fourth-order valence-electron chi connectivity index (χ4n) is 1.58. The van der Waals surface area contributed by atoms with Crippen LogP contribution in [0.1, 0.15) is 30.6 Å². The van der Waals surface area contributed by atoms with Crippen molar-refractivity contribution < 1.29 is 15.0 Å². The van der Waals surface area contributed by atoms with E-state index >= 15 is 0 Å². The van der Waals surface area contributed by atoms with Crippen LogP contribution in [0.3, 0.4) is 0 Å². The zero-order valence-electron chi connectivity index (χ0n) is 10.3. The molecule has 1 amide bonds. The molecular weight excluding hydrogens is 254 g/mol. The number of nitrogens with one attached hydrogen (secondary N) is 1. The van der Waals surface area contributed by atoms with Crippen molar-refractivity contribution in [3.63, 3.8) is 0 Å². The van der Waals surface area contributed by atoms with Gasteiger partial charge in [-0.25, -0.2) is 0 Å². The average molecular weight is 272 g/mol. The van der Waals surface area contributed by atoms with E-state index in [1.54, 1.807) is 12.1 Å². The molecule has 100 valence electrons. The van der Waals surface area contributed by atoms with E-state index in [2.05, 4.69) is 5.32 Å². The van der Waals surface area contributed by atoms with Gasteiger partial charge in [-0.05, 0) is 17.5 Å². The number of carbonyl (C=O) groups is 1. The molecule has 0 fully saturated rings. The van der Waals surface area contributed by atoms with Crippen LogP contribution < -0.4 is 5.32 Å². The molecule has 0 aromatic heterocycles. The van der Waals surface area contributed by atoms with Gasteiger partial charge < -0.3 is 15.5 Å². The van der Waals surface area contributed by atoms with Crippen molar-refractivity contribution in [2.75, 3.05) is 6.54 Å². The highest BCUT2D eigenvalue weighted by molar-refractivity contribution is 6.17. The van der Waals surface area contributed by atoms with Gasteiger partial charge in [-0.15, -0.1) is 11.6 Å². The standard InChI is InChI=1S/C13H18ClNO3/c1-9(16)15-7-6-12(17)13(18)11-4-2-10(8-14)3-5-11/h2-5,12-13,17-18H,6-8H2,1H3,(H,15,16). The quantitative estimate of drug-likeness (QED) is 0.684. The van der Waals surface area contributed by atoms with Gasteiger partial charge in [0.2, 0.25) is 5.91 Å². The van der Waals surface area contributed by atoms with Crippen molar-refractivity contribution in [1.82, 2.24) is 5.32 Å². The highest BCUT2D eigenvalue weighted by Crippen LogP contribution is 2.19. The molecule has 0 aliphatic heterocycles. The Labute approximate surface area is 112 Å². The average Bonchev–Trinajstić information content (AvgIpc) is 2.37. The minimum absolute atomic E-state index is 0.150. The second-order valence-electron chi connectivity index (χ2n) is 4.16. The Morgan fingerprint density at radius 2 is 1.94 bits per heavy atom. The predicted octanol–water partition coefficient (Wildman–Crippen LogP) is 1.35. The minimum Gasteiger partial charge on any atom is -0.390 e. The molecule has 2 unspecified atom stereocenters. The number of hydrogen-bond donors (Lipinski definition) is 3. The van der Waals surface area contributed by atoms with Gasteiger partial charge in [-0.3, -0.25) is 4.79 Å². The van der Waals surface area contributed by atoms with Crippen LogP contribution in [-0.4, -0.2) is 28.8 Å². The molecule has 5 heteroatoms. The first-order valence-corrected chi connectivity index (χ1v) is 6.33. The molecular formula is C13H18ClNO3. The predicted molar refractivity (Wildman–Crippen MR) is 70.3 cm³/mol. The normalized spacial score (nSPS) is 14.0. The molecule has 4 nitrogen and oxygen atoms in total. The third kappa shape index (κ3) is 4.64. The lowest BCUT2D eigenvalue weighted by Crippen LogP contribution is -2.27. The SMILES string of the molecule is CC(=O)NCCC(O)C(O)c1ccc(CCl)cc1. The fourth-order valence-corrected chi connectivity index (χ4v) is 1.76. The van der Waals surface area contributed by atoms with Crippen LogP contribution >= 0.6 is 11.6 Å². The lowest BCUT2D eigenvalue weighted by Gasteiger charge is -2.18. The molecule has 1 rings (SSSR count). The lowest BCUT2D eigenvalue weighted by atomic mass is 10.0. The maximum absolute atomic E-state index is 10.7. The maximum atomic E-state index is 10.7. The molecule has 1 aromatic rings. The van der Waals surface area contributed by atoms with Crippen molar-refractivity contribution in [3.05, 3.63) is 35.4 Å². The van der Waals surface area contributed by atoms with Gasteiger partial charge in [0.15, 0.2) is 0 Å². The first-order valence-electron chi connectivity index (χ1n) is 5.80. The molecule has 18 heavy (non-hydrogen) atoms. The van der Waals surface area contributed by atoms with E-state index in [9.17, 15) is 15.0 Å². The molecule has 0 aliphatic rings. The van der Waals surface area contributed by atoms with Crippen molar-refractivity contribution >= 4 is 17.5 Å². The van der Waals surface area contributed by atoms with Crippen molar-refractivity contribution in [3.8, 4) is 0 Å². The molecule has 3 N–H and O–H groups in total. The molecule has 0 saturated heterocycles. The molecule has 0 radical (unpaired) electrons. The van der Waals surface area contributed by atoms with Gasteiger partial charge in [0.1, 0.15) is 6.10 Å². The summed E-state index contributed by atoms with van der Waals surface area (Å²) in [5, 5.41) is 22.3. The number of rotatable bonds is 6. The number of hydrogen-bond acceptors (Lipinski definition) is 3. The van der Waals surface area contributed by atoms with E-state index in [1.165, 1.54) is 6.92 Å². The Bertz CT molecular complexity index is 380. The maximum Gasteiger partial charge on any atom is 0.216 e. The number of alkyl halides is 1. The molecule has 0 heterocycles. The van der Waals surface area contributed by atoms with Crippen LogP contribution in [0.25, 0.3) is 0 Å². The summed E-state index contributed by atoms with van der Waals surface area (Å²) < 4.78 is 0. The highest BCUT2D eigenvalue weighted by atomic mass is 35.5. The third-order valence-corrected chi connectivity index (χ3v) is 2.96. The summed E-state index contributed by atoms with van der Waals surface area (Å²) in [5.74, 6) is 0.268. The van der Waals surface area contributed by atoms with E-state index in [-0.39, 0.29) is 5.91 Å². The summed E-state index contributed by atoms with van der Waals surface area (Å²) in [5.41, 5.74) is 1.60. The molecule has 0 saturated carbocycles. The Morgan fingerprint density at radius 3 is 2.44 bits per heavy atom. The van der Waals surface area contributed by atoms with E-state index < -0.39 is 12.2 Å². The first-order chi connectivity index (χ1) is 8.54. The zero-order valence-corrected chi connectivity index (χ0v) is 11.0. The third-order valence-electron chi connectivity index (χ3n) is 2.65. The van der Waals surface area contributed by atoms with Crippen LogP contribution in [0.5, 0.6) is 0 Å². The van der Waals surface area contributed by atoms with Crippen molar-refractivity contribution in [2.45, 2.75) is 31.4 Å². The topological polar surface area (TPSA) is 69.6 Å². The van der Waals surface area contributed by atoms with E-state index in [1.807, 2.05) is 12.1 Å². The van der Waals surface area contributed by atoms with Crippen molar-refractivity contribution in [1.29, 1.82) is 0 Å². The second-order valence-corrected chi connectivity index (χ2v) is 4.43. The Morgan fingerprint density at radius 1 is 1.33 bits per heavy atom. The Balaban J connectivity index is 2.51. The summed E-state index contributed by atoms with van der Waals surface area (Å²) in [4.78, 5) is 10.7. The van der Waals surface area contributed by atoms with Crippen LogP contribution in [0, 0.1) is 0 Å². The van der Waals surface area contributed by atoms with Gasteiger partial charge >= 0.3 is 0 Å². The fraction of sp³-hybridized carbons (Fsp3) is 0.462.